The Labute approximate surface area is 173 Å². The molecule has 0 fully saturated rings. The van der Waals surface area contributed by atoms with Gasteiger partial charge < -0.3 is 11.1 Å². The standard InChI is InChI=1S/C23H22N4OS/c1-15-4-2-3-5-19(15)16-6-8-20-18(12-16)13-17(23(24)27-20)7-9-21(28)26-14-22-25-10-11-29-22/h2-6,8,10-13H,7,9,14H2,1H3,(H2,24,27)(H,26,28). The number of nitrogens with one attached hydrogen (secondary N) is 1. The number of carbonyl (C=O) groups excluding carboxylic acids is 1. The highest BCUT2D eigenvalue weighted by atomic mass is 32.1. The van der Waals surface area contributed by atoms with Gasteiger partial charge in [-0.3, -0.25) is 4.79 Å². The predicted octanol–water partition coefficient (Wildman–Crippen LogP) is 4.50. The highest BCUT2D eigenvalue weighted by Gasteiger charge is 2.10. The summed E-state index contributed by atoms with van der Waals surface area (Å²) in [5.41, 5.74) is 11.5. The van der Waals surface area contributed by atoms with Gasteiger partial charge in [0.05, 0.1) is 12.1 Å². The van der Waals surface area contributed by atoms with Crippen molar-refractivity contribution in [1.29, 1.82) is 0 Å². The second-order valence-corrected chi connectivity index (χ2v) is 7.94. The molecule has 0 aliphatic rings. The summed E-state index contributed by atoms with van der Waals surface area (Å²) in [4.78, 5) is 20.9. The fourth-order valence-corrected chi connectivity index (χ4v) is 3.91. The van der Waals surface area contributed by atoms with Gasteiger partial charge in [0.15, 0.2) is 0 Å². The van der Waals surface area contributed by atoms with Crippen LogP contribution in [0.1, 0.15) is 22.6 Å². The average Bonchev–Trinajstić information content (AvgIpc) is 3.24. The van der Waals surface area contributed by atoms with Crippen LogP contribution in [0.5, 0.6) is 0 Å². The molecule has 0 aliphatic heterocycles. The summed E-state index contributed by atoms with van der Waals surface area (Å²) < 4.78 is 0. The number of carbonyl (C=O) groups is 1. The number of amides is 1. The average molecular weight is 403 g/mol. The van der Waals surface area contributed by atoms with E-state index in [0.29, 0.717) is 25.2 Å². The van der Waals surface area contributed by atoms with Crippen LogP contribution in [-0.4, -0.2) is 15.9 Å². The zero-order valence-corrected chi connectivity index (χ0v) is 17.0. The number of nitrogens with zero attached hydrogens (tertiary/aromatic N) is 2. The van der Waals surface area contributed by atoms with Gasteiger partial charge in [0.25, 0.3) is 0 Å². The lowest BCUT2D eigenvalue weighted by atomic mass is 9.98. The van der Waals surface area contributed by atoms with E-state index >= 15 is 0 Å². The molecule has 146 valence electrons. The van der Waals surface area contributed by atoms with Gasteiger partial charge in [-0.25, -0.2) is 9.97 Å². The highest BCUT2D eigenvalue weighted by molar-refractivity contribution is 7.09. The van der Waals surface area contributed by atoms with Gasteiger partial charge in [-0.05, 0) is 53.8 Å². The first-order valence-corrected chi connectivity index (χ1v) is 10.4. The van der Waals surface area contributed by atoms with Crippen LogP contribution in [0.25, 0.3) is 22.0 Å². The van der Waals surface area contributed by atoms with Crippen LogP contribution in [0, 0.1) is 6.92 Å². The minimum Gasteiger partial charge on any atom is -0.383 e. The zero-order valence-electron chi connectivity index (χ0n) is 16.2. The molecule has 0 atom stereocenters. The number of aromatic nitrogens is 2. The van der Waals surface area contributed by atoms with Crippen molar-refractivity contribution in [2.75, 3.05) is 5.73 Å². The van der Waals surface area contributed by atoms with E-state index in [2.05, 4.69) is 46.5 Å². The second kappa shape index (κ2) is 8.41. The zero-order chi connectivity index (χ0) is 20.2. The summed E-state index contributed by atoms with van der Waals surface area (Å²) in [6.45, 7) is 2.57. The van der Waals surface area contributed by atoms with E-state index in [0.717, 1.165) is 27.0 Å². The Morgan fingerprint density at radius 1 is 1.17 bits per heavy atom. The van der Waals surface area contributed by atoms with Gasteiger partial charge in [-0.1, -0.05) is 30.3 Å². The van der Waals surface area contributed by atoms with Gasteiger partial charge >= 0.3 is 0 Å². The molecule has 1 amide bonds. The van der Waals surface area contributed by atoms with Crippen LogP contribution >= 0.6 is 11.3 Å². The van der Waals surface area contributed by atoms with Gasteiger partial charge in [0.1, 0.15) is 10.8 Å². The van der Waals surface area contributed by atoms with Crippen LogP contribution in [0.15, 0.2) is 60.1 Å². The summed E-state index contributed by atoms with van der Waals surface area (Å²) >= 11 is 1.53. The minimum absolute atomic E-state index is 0.0200. The Balaban J connectivity index is 1.51. The normalized spacial score (nSPS) is 10.9. The SMILES string of the molecule is Cc1ccccc1-c1ccc2nc(N)c(CCC(=O)NCc3nccs3)cc2c1. The van der Waals surface area contributed by atoms with Crippen molar-refractivity contribution in [2.24, 2.45) is 0 Å². The first-order valence-electron chi connectivity index (χ1n) is 9.50. The van der Waals surface area contributed by atoms with Crippen LogP contribution in [0.2, 0.25) is 0 Å². The topological polar surface area (TPSA) is 80.9 Å². The van der Waals surface area contributed by atoms with Crippen molar-refractivity contribution in [3.05, 3.63) is 76.2 Å². The third-order valence-electron chi connectivity index (χ3n) is 4.92. The maximum atomic E-state index is 12.2. The molecule has 2 aromatic carbocycles. The molecule has 2 aromatic heterocycles. The number of rotatable bonds is 6. The van der Waals surface area contributed by atoms with Gasteiger partial charge in [-0.2, -0.15) is 0 Å². The Morgan fingerprint density at radius 2 is 2.03 bits per heavy atom. The van der Waals surface area contributed by atoms with Crippen molar-refractivity contribution < 1.29 is 4.79 Å². The number of nitrogen functional groups attached to an aromatic ring is 1. The van der Waals surface area contributed by atoms with Crippen LogP contribution in [-0.2, 0) is 17.8 Å². The van der Waals surface area contributed by atoms with Crippen LogP contribution in [0.3, 0.4) is 0 Å². The van der Waals surface area contributed by atoms with Crippen LogP contribution < -0.4 is 11.1 Å². The fraction of sp³-hybridized carbons (Fsp3) is 0.174. The lowest BCUT2D eigenvalue weighted by Crippen LogP contribution is -2.23. The molecule has 4 rings (SSSR count). The molecule has 4 aromatic rings. The highest BCUT2D eigenvalue weighted by Crippen LogP contribution is 2.28. The Hall–Kier alpha value is -3.25. The number of aryl methyl sites for hydroxylation is 2. The Morgan fingerprint density at radius 3 is 2.83 bits per heavy atom. The molecule has 29 heavy (non-hydrogen) atoms. The molecule has 0 saturated heterocycles. The van der Waals surface area contributed by atoms with E-state index in [4.69, 9.17) is 5.73 Å². The molecular weight excluding hydrogens is 380 g/mol. The number of benzene rings is 2. The molecule has 0 radical (unpaired) electrons. The quantitative estimate of drug-likeness (QED) is 0.498. The number of pyridine rings is 1. The number of hydrogen-bond donors (Lipinski definition) is 2. The van der Waals surface area contributed by atoms with Crippen molar-refractivity contribution >= 4 is 34.0 Å². The van der Waals surface area contributed by atoms with E-state index < -0.39 is 0 Å². The molecule has 6 heteroatoms. The van der Waals surface area contributed by atoms with Gasteiger partial charge in [-0.15, -0.1) is 11.3 Å². The first-order chi connectivity index (χ1) is 14.1. The maximum absolute atomic E-state index is 12.2. The second-order valence-electron chi connectivity index (χ2n) is 6.96. The summed E-state index contributed by atoms with van der Waals surface area (Å²) in [6.07, 6.45) is 2.64. The molecular formula is C23H22N4OS. The lowest BCUT2D eigenvalue weighted by Gasteiger charge is -2.10. The number of fused-ring (bicyclic) bond motifs is 1. The summed E-state index contributed by atoms with van der Waals surface area (Å²) in [5, 5.41) is 6.72. The molecule has 2 heterocycles. The smallest absolute Gasteiger partial charge is 0.220 e. The minimum atomic E-state index is -0.0200. The van der Waals surface area contributed by atoms with Crippen molar-refractivity contribution in [3.8, 4) is 11.1 Å². The lowest BCUT2D eigenvalue weighted by molar-refractivity contribution is -0.121. The third kappa shape index (κ3) is 4.43. The monoisotopic (exact) mass is 402 g/mol. The Kier molecular flexibility index (Phi) is 5.53. The van der Waals surface area contributed by atoms with Crippen molar-refractivity contribution in [2.45, 2.75) is 26.3 Å². The van der Waals surface area contributed by atoms with E-state index in [1.165, 1.54) is 22.5 Å². The predicted molar refractivity (Wildman–Crippen MR) is 119 cm³/mol. The molecule has 0 saturated carbocycles. The largest absolute Gasteiger partial charge is 0.383 e. The number of thiazole rings is 1. The van der Waals surface area contributed by atoms with Gasteiger partial charge in [0.2, 0.25) is 5.91 Å². The maximum Gasteiger partial charge on any atom is 0.220 e. The van der Waals surface area contributed by atoms with E-state index in [1.807, 2.05) is 29.6 Å². The summed E-state index contributed by atoms with van der Waals surface area (Å²) in [6, 6.07) is 16.6. The van der Waals surface area contributed by atoms with E-state index in [1.54, 1.807) is 6.20 Å². The van der Waals surface area contributed by atoms with Gasteiger partial charge in [0, 0.05) is 23.4 Å². The van der Waals surface area contributed by atoms with E-state index in [-0.39, 0.29) is 5.91 Å². The third-order valence-corrected chi connectivity index (χ3v) is 5.70. The molecule has 3 N–H and O–H groups in total. The molecule has 0 unspecified atom stereocenters. The summed E-state index contributed by atoms with van der Waals surface area (Å²) in [7, 11) is 0. The Bertz CT molecular complexity index is 1150. The molecule has 0 spiro atoms. The first kappa shape index (κ1) is 19.1. The molecule has 0 aliphatic carbocycles. The van der Waals surface area contributed by atoms with Crippen molar-refractivity contribution in [1.82, 2.24) is 15.3 Å². The van der Waals surface area contributed by atoms with Crippen molar-refractivity contribution in [3.63, 3.8) is 0 Å². The van der Waals surface area contributed by atoms with Crippen LogP contribution in [0.4, 0.5) is 5.82 Å². The molecule has 0 bridgehead atoms. The number of anilines is 1. The summed E-state index contributed by atoms with van der Waals surface area (Å²) in [5.74, 6) is 0.460. The van der Waals surface area contributed by atoms with E-state index in [9.17, 15) is 4.79 Å². The fourth-order valence-electron chi connectivity index (χ4n) is 3.35. The number of hydrogen-bond acceptors (Lipinski definition) is 5. The molecule has 5 nitrogen and oxygen atoms in total. The number of nitrogens with two attached hydrogens (primary N) is 1.